The Balaban J connectivity index is 1.72. The summed E-state index contributed by atoms with van der Waals surface area (Å²) in [4.78, 5) is 30.1. The van der Waals surface area contributed by atoms with Crippen LogP contribution in [-0.4, -0.2) is 80.0 Å². The van der Waals surface area contributed by atoms with Crippen LogP contribution in [0.2, 0.25) is 6.32 Å². The van der Waals surface area contributed by atoms with Gasteiger partial charge >= 0.3 is 19.2 Å². The van der Waals surface area contributed by atoms with Gasteiger partial charge < -0.3 is 23.7 Å². The van der Waals surface area contributed by atoms with Crippen molar-refractivity contribution in [1.82, 2.24) is 9.80 Å². The second-order valence-electron chi connectivity index (χ2n) is 10.9. The van der Waals surface area contributed by atoms with E-state index in [4.69, 9.17) is 18.8 Å². The summed E-state index contributed by atoms with van der Waals surface area (Å²) in [5.41, 5.74) is -0.951. The highest BCUT2D eigenvalue weighted by atomic mass is 16.7. The predicted molar refractivity (Wildman–Crippen MR) is 135 cm³/mol. The van der Waals surface area contributed by atoms with Gasteiger partial charge in [0.05, 0.1) is 18.3 Å². The highest BCUT2D eigenvalue weighted by Crippen LogP contribution is 2.42. The number of likely N-dealkylation sites (tertiary alicyclic amines) is 1. The molecule has 9 heteroatoms. The zero-order valence-corrected chi connectivity index (χ0v) is 22.3. The van der Waals surface area contributed by atoms with Crippen molar-refractivity contribution < 1.29 is 28.4 Å². The van der Waals surface area contributed by atoms with E-state index >= 15 is 0 Å². The Morgan fingerprint density at radius 3 is 2.31 bits per heavy atom. The molecule has 1 aromatic carbocycles. The van der Waals surface area contributed by atoms with E-state index in [1.807, 2.05) is 77.0 Å². The fourth-order valence-corrected chi connectivity index (χ4v) is 5.21. The molecule has 194 valence electrons. The predicted octanol–water partition coefficient (Wildman–Crippen LogP) is 3.99. The maximum atomic E-state index is 13.3. The fourth-order valence-electron chi connectivity index (χ4n) is 5.21. The first-order valence-corrected chi connectivity index (χ1v) is 12.5. The monoisotopic (exact) mass is 488 g/mol. The van der Waals surface area contributed by atoms with Gasteiger partial charge in [-0.3, -0.25) is 4.90 Å². The van der Waals surface area contributed by atoms with Gasteiger partial charge in [0.15, 0.2) is 5.54 Å². The van der Waals surface area contributed by atoms with Crippen LogP contribution in [0.3, 0.4) is 0 Å². The first kappa shape index (κ1) is 27.5. The van der Waals surface area contributed by atoms with Crippen molar-refractivity contribution in [2.45, 2.75) is 76.6 Å². The Morgan fingerprint density at radius 1 is 1.11 bits per heavy atom. The average molecular weight is 488 g/mol. The van der Waals surface area contributed by atoms with Crippen molar-refractivity contribution in [3.05, 3.63) is 35.9 Å². The molecule has 1 amide bonds. The van der Waals surface area contributed by atoms with Crippen LogP contribution in [0.5, 0.6) is 0 Å². The standard InChI is InChI=1S/C26H41BN2O6/c1-24(2)25(3,4)35-27(34-24)16-11-14-21-15-17-29(26(21,19-28(5)6)22(30)32-7)23(31)33-18-20-12-9-8-10-13-20/h8-10,12-13,21H,11,14-19H2,1-7H3. The molecule has 2 fully saturated rings. The number of esters is 1. The molecule has 2 unspecified atom stereocenters. The zero-order chi connectivity index (χ0) is 25.9. The Bertz CT molecular complexity index is 862. The van der Waals surface area contributed by atoms with E-state index in [0.29, 0.717) is 19.5 Å². The lowest BCUT2D eigenvalue weighted by Gasteiger charge is -2.40. The highest BCUT2D eigenvalue weighted by molar-refractivity contribution is 6.45. The second-order valence-corrected chi connectivity index (χ2v) is 10.9. The number of methoxy groups -OCH3 is 1. The molecule has 0 saturated carbocycles. The first-order chi connectivity index (χ1) is 16.4. The second kappa shape index (κ2) is 10.9. The van der Waals surface area contributed by atoms with Gasteiger partial charge in [0.1, 0.15) is 6.61 Å². The molecule has 2 aliphatic heterocycles. The number of hydrogen-bond donors (Lipinski definition) is 0. The van der Waals surface area contributed by atoms with Crippen LogP contribution in [0, 0.1) is 5.92 Å². The third kappa shape index (κ3) is 5.84. The molecule has 1 aromatic rings. The summed E-state index contributed by atoms with van der Waals surface area (Å²) < 4.78 is 23.2. The average Bonchev–Trinajstić information content (AvgIpc) is 3.25. The smallest absolute Gasteiger partial charge is 0.457 e. The van der Waals surface area contributed by atoms with Crippen molar-refractivity contribution >= 4 is 19.2 Å². The summed E-state index contributed by atoms with van der Waals surface area (Å²) in [6, 6.07) is 9.53. The van der Waals surface area contributed by atoms with E-state index in [9.17, 15) is 9.59 Å². The number of hydrogen-bond acceptors (Lipinski definition) is 7. The molecule has 0 aromatic heterocycles. The molecule has 3 rings (SSSR count). The molecule has 2 aliphatic rings. The quantitative estimate of drug-likeness (QED) is 0.384. The maximum Gasteiger partial charge on any atom is 0.457 e. The Kier molecular flexibility index (Phi) is 8.55. The third-order valence-corrected chi connectivity index (χ3v) is 7.67. The van der Waals surface area contributed by atoms with E-state index in [1.165, 1.54) is 7.11 Å². The lowest BCUT2D eigenvalue weighted by atomic mass is 9.76. The van der Waals surface area contributed by atoms with Gasteiger partial charge in [0, 0.05) is 13.1 Å². The number of benzene rings is 1. The van der Waals surface area contributed by atoms with Gasteiger partial charge in [-0.25, -0.2) is 9.59 Å². The maximum absolute atomic E-state index is 13.3. The van der Waals surface area contributed by atoms with Crippen molar-refractivity contribution in [3.63, 3.8) is 0 Å². The Hall–Kier alpha value is -2.10. The number of nitrogens with zero attached hydrogens (tertiary/aromatic N) is 2. The minimum atomic E-state index is -1.11. The van der Waals surface area contributed by atoms with Crippen LogP contribution in [-0.2, 0) is 30.2 Å². The summed E-state index contributed by atoms with van der Waals surface area (Å²) in [5, 5.41) is 0. The SMILES string of the molecule is COC(=O)C1(CN(C)C)C(CCCB2OC(C)(C)C(C)(C)O2)CCN1C(=O)OCc1ccccc1. The minimum Gasteiger partial charge on any atom is -0.467 e. The van der Waals surface area contributed by atoms with Crippen molar-refractivity contribution in [2.75, 3.05) is 34.3 Å². The molecule has 0 N–H and O–H groups in total. The number of carbonyl (C=O) groups excluding carboxylic acids is 2. The molecule has 0 radical (unpaired) electrons. The summed E-state index contributed by atoms with van der Waals surface area (Å²) in [7, 11) is 4.90. The molecule has 2 atom stereocenters. The number of ether oxygens (including phenoxy) is 2. The van der Waals surface area contributed by atoms with Gasteiger partial charge in [-0.1, -0.05) is 36.8 Å². The van der Waals surface area contributed by atoms with Gasteiger partial charge in [0.2, 0.25) is 0 Å². The van der Waals surface area contributed by atoms with Crippen LogP contribution in [0.15, 0.2) is 30.3 Å². The Labute approximate surface area is 210 Å². The van der Waals surface area contributed by atoms with Crippen molar-refractivity contribution in [2.24, 2.45) is 5.92 Å². The Morgan fingerprint density at radius 2 is 1.74 bits per heavy atom. The van der Waals surface area contributed by atoms with Gasteiger partial charge in [0.25, 0.3) is 0 Å². The van der Waals surface area contributed by atoms with Crippen molar-refractivity contribution in [3.8, 4) is 0 Å². The summed E-state index contributed by atoms with van der Waals surface area (Å²) in [5.74, 6) is -0.468. The fraction of sp³-hybridized carbons (Fsp3) is 0.692. The van der Waals surface area contributed by atoms with Crippen LogP contribution in [0.4, 0.5) is 4.79 Å². The van der Waals surface area contributed by atoms with Crippen LogP contribution < -0.4 is 0 Å². The van der Waals surface area contributed by atoms with Crippen LogP contribution >= 0.6 is 0 Å². The molecule has 0 bridgehead atoms. The molecule has 2 heterocycles. The van der Waals surface area contributed by atoms with Crippen molar-refractivity contribution in [1.29, 1.82) is 0 Å². The van der Waals surface area contributed by atoms with Crippen LogP contribution in [0.25, 0.3) is 0 Å². The van der Waals surface area contributed by atoms with Crippen LogP contribution in [0.1, 0.15) is 52.5 Å². The highest BCUT2D eigenvalue weighted by Gasteiger charge is 2.58. The molecule has 2 saturated heterocycles. The molecule has 35 heavy (non-hydrogen) atoms. The molecular weight excluding hydrogens is 447 g/mol. The van der Waals surface area contributed by atoms with E-state index in [1.54, 1.807) is 4.90 Å². The zero-order valence-electron chi connectivity index (χ0n) is 22.3. The summed E-state index contributed by atoms with van der Waals surface area (Å²) >= 11 is 0. The summed E-state index contributed by atoms with van der Waals surface area (Å²) in [6.45, 7) is 9.13. The number of amides is 1. The van der Waals surface area contributed by atoms with E-state index < -0.39 is 17.6 Å². The van der Waals surface area contributed by atoms with E-state index in [2.05, 4.69) is 0 Å². The number of carbonyl (C=O) groups is 2. The number of rotatable bonds is 9. The lowest BCUT2D eigenvalue weighted by Crippen LogP contribution is -2.62. The van der Waals surface area contributed by atoms with E-state index in [0.717, 1.165) is 24.7 Å². The topological polar surface area (TPSA) is 77.5 Å². The number of likely N-dealkylation sites (N-methyl/N-ethyl adjacent to an activating group) is 1. The lowest BCUT2D eigenvalue weighted by molar-refractivity contribution is -0.156. The summed E-state index contributed by atoms with van der Waals surface area (Å²) in [6.07, 6.45) is 2.48. The van der Waals surface area contributed by atoms with Gasteiger partial charge in [-0.05, 0) is 72.4 Å². The van der Waals surface area contributed by atoms with E-state index in [-0.39, 0.29) is 30.8 Å². The molecular formula is C26H41BN2O6. The molecule has 8 nitrogen and oxygen atoms in total. The minimum absolute atomic E-state index is 0.0657. The normalized spacial score (nSPS) is 25.2. The first-order valence-electron chi connectivity index (χ1n) is 12.5. The van der Waals surface area contributed by atoms with Gasteiger partial charge in [-0.15, -0.1) is 0 Å². The molecule has 0 aliphatic carbocycles. The third-order valence-electron chi connectivity index (χ3n) is 7.67. The molecule has 0 spiro atoms. The van der Waals surface area contributed by atoms with Gasteiger partial charge in [-0.2, -0.15) is 0 Å². The largest absolute Gasteiger partial charge is 0.467 e.